The molecule has 2 aromatic carbocycles. The number of hydrogen-bond acceptors (Lipinski definition) is 2. The monoisotopic (exact) mass is 267 g/mol. The Labute approximate surface area is 118 Å². The van der Waals surface area contributed by atoms with E-state index in [0.717, 1.165) is 16.9 Å². The minimum Gasteiger partial charge on any atom is -0.192 e. The molecule has 0 heterocycles. The summed E-state index contributed by atoms with van der Waals surface area (Å²) < 4.78 is 0. The first kappa shape index (κ1) is 12.6. The topological polar surface area (TPSA) is 23.8 Å². The van der Waals surface area contributed by atoms with Gasteiger partial charge in [0.25, 0.3) is 0 Å². The van der Waals surface area contributed by atoms with Crippen LogP contribution in [0, 0.1) is 17.2 Å². The third-order valence-electron chi connectivity index (χ3n) is 3.95. The van der Waals surface area contributed by atoms with Crippen molar-refractivity contribution in [2.75, 3.05) is 5.75 Å². The summed E-state index contributed by atoms with van der Waals surface area (Å²) in [6, 6.07) is 14.6. The Bertz CT molecular complexity index is 621. The first-order valence-electron chi connectivity index (χ1n) is 6.93. The molecule has 0 radical (unpaired) electrons. The van der Waals surface area contributed by atoms with E-state index in [1.54, 1.807) is 0 Å². The van der Waals surface area contributed by atoms with Crippen LogP contribution >= 0.6 is 11.8 Å². The SMILES string of the molecule is N#Cc1ccc(SCC2CCCC2)c2ccccc12. The lowest BCUT2D eigenvalue weighted by atomic mass is 10.1. The largest absolute Gasteiger partial charge is 0.192 e. The van der Waals surface area contributed by atoms with E-state index in [1.807, 2.05) is 30.0 Å². The van der Waals surface area contributed by atoms with Gasteiger partial charge in [-0.15, -0.1) is 11.8 Å². The van der Waals surface area contributed by atoms with Crippen molar-refractivity contribution in [1.29, 1.82) is 5.26 Å². The molecule has 0 saturated heterocycles. The minimum atomic E-state index is 0.779. The predicted octanol–water partition coefficient (Wildman–Crippen LogP) is 4.99. The number of benzene rings is 2. The molecule has 2 heteroatoms. The van der Waals surface area contributed by atoms with Gasteiger partial charge in [-0.3, -0.25) is 0 Å². The fraction of sp³-hybridized carbons (Fsp3) is 0.353. The van der Waals surface area contributed by atoms with Crippen molar-refractivity contribution in [2.45, 2.75) is 30.6 Å². The average Bonchev–Trinajstić information content (AvgIpc) is 2.98. The number of thioether (sulfide) groups is 1. The van der Waals surface area contributed by atoms with Gasteiger partial charge in [0, 0.05) is 16.0 Å². The van der Waals surface area contributed by atoms with Crippen LogP contribution in [0.3, 0.4) is 0 Å². The Morgan fingerprint density at radius 3 is 2.53 bits per heavy atom. The lowest BCUT2D eigenvalue weighted by Gasteiger charge is -2.11. The molecule has 0 bridgehead atoms. The second-order valence-corrected chi connectivity index (χ2v) is 6.29. The zero-order chi connectivity index (χ0) is 13.1. The molecule has 1 aliphatic carbocycles. The highest BCUT2D eigenvalue weighted by Gasteiger charge is 2.15. The van der Waals surface area contributed by atoms with Gasteiger partial charge in [-0.05, 0) is 36.3 Å². The van der Waals surface area contributed by atoms with E-state index in [9.17, 15) is 5.26 Å². The van der Waals surface area contributed by atoms with Crippen LogP contribution in [0.5, 0.6) is 0 Å². The van der Waals surface area contributed by atoms with Gasteiger partial charge in [0.05, 0.1) is 11.6 Å². The molecule has 0 spiro atoms. The standard InChI is InChI=1S/C17H17NS/c18-11-14-9-10-17(16-8-4-3-7-15(14)16)19-12-13-5-1-2-6-13/h3-4,7-10,13H,1-2,5-6,12H2. The third kappa shape index (κ3) is 2.62. The van der Waals surface area contributed by atoms with Crippen LogP contribution in [0.1, 0.15) is 31.2 Å². The summed E-state index contributed by atoms with van der Waals surface area (Å²) in [5.74, 6) is 2.11. The molecule has 0 unspecified atom stereocenters. The second kappa shape index (κ2) is 5.67. The summed E-state index contributed by atoms with van der Waals surface area (Å²) in [4.78, 5) is 1.32. The third-order valence-corrected chi connectivity index (χ3v) is 5.26. The summed E-state index contributed by atoms with van der Waals surface area (Å²) >= 11 is 1.96. The summed E-state index contributed by atoms with van der Waals surface area (Å²) in [6.45, 7) is 0. The number of nitriles is 1. The van der Waals surface area contributed by atoms with Crippen molar-refractivity contribution >= 4 is 22.5 Å². The minimum absolute atomic E-state index is 0.779. The molecule has 0 aromatic heterocycles. The smallest absolute Gasteiger partial charge is 0.0998 e. The van der Waals surface area contributed by atoms with E-state index in [1.165, 1.54) is 41.7 Å². The number of rotatable bonds is 3. The normalized spacial score (nSPS) is 15.7. The van der Waals surface area contributed by atoms with Gasteiger partial charge in [0.15, 0.2) is 0 Å². The van der Waals surface area contributed by atoms with E-state index in [4.69, 9.17) is 0 Å². The lowest BCUT2D eigenvalue weighted by Crippen LogP contribution is -1.96. The van der Waals surface area contributed by atoms with E-state index < -0.39 is 0 Å². The van der Waals surface area contributed by atoms with E-state index in [0.29, 0.717) is 0 Å². The van der Waals surface area contributed by atoms with Crippen molar-refractivity contribution in [3.63, 3.8) is 0 Å². The zero-order valence-electron chi connectivity index (χ0n) is 10.9. The Kier molecular flexibility index (Phi) is 3.75. The van der Waals surface area contributed by atoms with Crippen LogP contribution in [0.4, 0.5) is 0 Å². The molecule has 19 heavy (non-hydrogen) atoms. The molecular weight excluding hydrogens is 250 g/mol. The molecule has 2 aromatic rings. The van der Waals surface area contributed by atoms with Gasteiger partial charge in [-0.25, -0.2) is 0 Å². The Morgan fingerprint density at radius 2 is 1.79 bits per heavy atom. The van der Waals surface area contributed by atoms with Gasteiger partial charge >= 0.3 is 0 Å². The maximum Gasteiger partial charge on any atom is 0.0998 e. The van der Waals surface area contributed by atoms with Gasteiger partial charge in [-0.1, -0.05) is 37.1 Å². The maximum absolute atomic E-state index is 9.17. The van der Waals surface area contributed by atoms with Crippen LogP contribution in [0.25, 0.3) is 10.8 Å². The molecule has 1 fully saturated rings. The molecule has 0 amide bonds. The zero-order valence-corrected chi connectivity index (χ0v) is 11.7. The first-order chi connectivity index (χ1) is 9.38. The quantitative estimate of drug-likeness (QED) is 0.731. The Morgan fingerprint density at radius 1 is 1.05 bits per heavy atom. The summed E-state index contributed by atoms with van der Waals surface area (Å²) in [6.07, 6.45) is 5.58. The highest BCUT2D eigenvalue weighted by atomic mass is 32.2. The van der Waals surface area contributed by atoms with E-state index >= 15 is 0 Å². The highest BCUT2D eigenvalue weighted by Crippen LogP contribution is 2.34. The molecule has 0 N–H and O–H groups in total. The molecule has 3 rings (SSSR count). The van der Waals surface area contributed by atoms with Crippen LogP contribution in [0.2, 0.25) is 0 Å². The number of nitrogens with zero attached hydrogens (tertiary/aromatic N) is 1. The fourth-order valence-corrected chi connectivity index (χ4v) is 4.13. The van der Waals surface area contributed by atoms with Crippen LogP contribution in [-0.2, 0) is 0 Å². The van der Waals surface area contributed by atoms with E-state index in [-0.39, 0.29) is 0 Å². The highest BCUT2D eigenvalue weighted by molar-refractivity contribution is 7.99. The van der Waals surface area contributed by atoms with E-state index in [2.05, 4.69) is 24.3 Å². The summed E-state index contributed by atoms with van der Waals surface area (Å²) in [7, 11) is 0. The molecular formula is C17H17NS. The predicted molar refractivity (Wildman–Crippen MR) is 81.3 cm³/mol. The fourth-order valence-electron chi connectivity index (χ4n) is 2.88. The van der Waals surface area contributed by atoms with Crippen molar-refractivity contribution in [3.05, 3.63) is 42.0 Å². The van der Waals surface area contributed by atoms with Crippen molar-refractivity contribution in [2.24, 2.45) is 5.92 Å². The van der Waals surface area contributed by atoms with Gasteiger partial charge in [0.2, 0.25) is 0 Å². The average molecular weight is 267 g/mol. The number of hydrogen-bond donors (Lipinski definition) is 0. The Balaban J connectivity index is 1.89. The lowest BCUT2D eigenvalue weighted by molar-refractivity contribution is 0.623. The van der Waals surface area contributed by atoms with Crippen LogP contribution in [-0.4, -0.2) is 5.75 Å². The molecule has 1 aliphatic rings. The first-order valence-corrected chi connectivity index (χ1v) is 7.91. The summed E-state index contributed by atoms with van der Waals surface area (Å²) in [5, 5.41) is 11.5. The van der Waals surface area contributed by atoms with Gasteiger partial charge in [0.1, 0.15) is 0 Å². The van der Waals surface area contributed by atoms with Gasteiger partial charge < -0.3 is 0 Å². The molecule has 0 atom stereocenters. The number of fused-ring (bicyclic) bond motifs is 1. The van der Waals surface area contributed by atoms with Crippen LogP contribution < -0.4 is 0 Å². The van der Waals surface area contributed by atoms with Crippen molar-refractivity contribution in [3.8, 4) is 6.07 Å². The Hall–Kier alpha value is -1.46. The van der Waals surface area contributed by atoms with Gasteiger partial charge in [-0.2, -0.15) is 5.26 Å². The molecule has 1 nitrogen and oxygen atoms in total. The summed E-state index contributed by atoms with van der Waals surface area (Å²) in [5.41, 5.74) is 0.779. The molecule has 1 saturated carbocycles. The van der Waals surface area contributed by atoms with Crippen molar-refractivity contribution in [1.82, 2.24) is 0 Å². The maximum atomic E-state index is 9.17. The molecule has 96 valence electrons. The van der Waals surface area contributed by atoms with Crippen molar-refractivity contribution < 1.29 is 0 Å². The molecule has 0 aliphatic heterocycles. The second-order valence-electron chi connectivity index (χ2n) is 5.23. The van der Waals surface area contributed by atoms with Crippen LogP contribution in [0.15, 0.2) is 41.3 Å².